The van der Waals surface area contributed by atoms with E-state index >= 15 is 0 Å². The maximum atomic E-state index is 12.8. The van der Waals surface area contributed by atoms with E-state index in [1.165, 1.54) is 23.1 Å². The lowest BCUT2D eigenvalue weighted by molar-refractivity contribution is -0.137. The number of aliphatic imine (C=N–C) groups is 1. The van der Waals surface area contributed by atoms with Crippen LogP contribution in [0.25, 0.3) is 21.0 Å². The van der Waals surface area contributed by atoms with E-state index in [1.54, 1.807) is 24.3 Å². The molecule has 4 aromatic rings. The number of thioether (sulfide) groups is 1. The molecule has 1 atom stereocenters. The first-order chi connectivity index (χ1) is 14.6. The number of thiazole rings is 1. The number of carboxylic acid groups (broad SMARTS) is 1. The predicted octanol–water partition coefficient (Wildman–Crippen LogP) is 4.62. The maximum Gasteiger partial charge on any atom is 0.344 e. The second kappa shape index (κ2) is 7.55. The second-order valence-corrected chi connectivity index (χ2v) is 8.70. The Labute approximate surface area is 179 Å². The molecule has 8 heteroatoms. The second-order valence-electron chi connectivity index (χ2n) is 6.66. The molecule has 1 N–H and O–H groups in total. The summed E-state index contributed by atoms with van der Waals surface area (Å²) in [6.45, 7) is 0. The van der Waals surface area contributed by atoms with Crippen LogP contribution in [-0.2, 0) is 4.79 Å². The Hall–Kier alpha value is -3.23. The van der Waals surface area contributed by atoms with Gasteiger partial charge in [0.1, 0.15) is 15.8 Å². The number of rotatable bonds is 4. The minimum atomic E-state index is -0.929. The Balaban J connectivity index is 1.42. The third-order valence-electron chi connectivity index (χ3n) is 4.70. The zero-order valence-corrected chi connectivity index (χ0v) is 17.1. The Kier molecular flexibility index (Phi) is 4.72. The summed E-state index contributed by atoms with van der Waals surface area (Å²) in [6.07, 6.45) is 0. The lowest BCUT2D eigenvalue weighted by atomic mass is 10.0. The molecular formula is C22H14N2O4S2. The van der Waals surface area contributed by atoms with Gasteiger partial charge in [0.25, 0.3) is 0 Å². The molecule has 0 amide bonds. The number of aromatic nitrogens is 1. The van der Waals surface area contributed by atoms with Gasteiger partial charge in [0.15, 0.2) is 6.04 Å². The largest absolute Gasteiger partial charge is 0.480 e. The molecule has 1 aliphatic rings. The number of fused-ring (bicyclic) bond motifs is 2. The summed E-state index contributed by atoms with van der Waals surface area (Å²) < 4.78 is 6.47. The first-order valence-corrected chi connectivity index (χ1v) is 10.9. The van der Waals surface area contributed by atoms with Gasteiger partial charge in [-0.3, -0.25) is 4.99 Å². The number of carbonyl (C=O) groups excluding carboxylic acids is 1. The van der Waals surface area contributed by atoms with Gasteiger partial charge in [0.2, 0.25) is 0 Å². The minimum absolute atomic E-state index is 0.411. The molecule has 0 fully saturated rings. The van der Waals surface area contributed by atoms with E-state index in [0.29, 0.717) is 27.1 Å². The van der Waals surface area contributed by atoms with Gasteiger partial charge in [0.05, 0.1) is 15.8 Å². The average Bonchev–Trinajstić information content (AvgIpc) is 3.40. The van der Waals surface area contributed by atoms with Crippen LogP contribution in [0.1, 0.15) is 15.4 Å². The molecule has 0 saturated carbocycles. The molecule has 0 aliphatic carbocycles. The molecule has 148 valence electrons. The van der Waals surface area contributed by atoms with Crippen LogP contribution in [0.2, 0.25) is 0 Å². The van der Waals surface area contributed by atoms with Crippen LogP contribution in [0.5, 0.6) is 5.75 Å². The molecule has 0 saturated heterocycles. The van der Waals surface area contributed by atoms with E-state index in [9.17, 15) is 9.59 Å². The summed E-state index contributed by atoms with van der Waals surface area (Å²) in [5.74, 6) is -0.508. The number of carbonyl (C=O) groups is 2. The molecular weight excluding hydrogens is 420 g/mol. The Morgan fingerprint density at radius 1 is 1.07 bits per heavy atom. The molecule has 2 heterocycles. The van der Waals surface area contributed by atoms with Gasteiger partial charge >= 0.3 is 11.9 Å². The van der Waals surface area contributed by atoms with Crippen molar-refractivity contribution < 1.29 is 19.4 Å². The van der Waals surface area contributed by atoms with Gasteiger partial charge in [-0.25, -0.2) is 14.6 Å². The number of hydrogen-bond donors (Lipinski definition) is 1. The van der Waals surface area contributed by atoms with Crippen LogP contribution in [0.4, 0.5) is 0 Å². The monoisotopic (exact) mass is 434 g/mol. The van der Waals surface area contributed by atoms with Crippen LogP contribution >= 0.6 is 23.1 Å². The zero-order chi connectivity index (χ0) is 20.7. The highest BCUT2D eigenvalue weighted by atomic mass is 32.2. The topological polar surface area (TPSA) is 88.9 Å². The summed E-state index contributed by atoms with van der Waals surface area (Å²) in [6, 6.07) is 17.8. The standard InChI is InChI=1S/C22H14N2O4S2/c25-21(26)17-11-29-19(24-17)20-23-16-9-8-13(10-18(16)30-20)28-22(27)15-7-3-5-12-4-1-2-6-14(12)15/h1-10,17H,11H2,(H,25,26). The van der Waals surface area contributed by atoms with Crippen molar-refractivity contribution in [3.05, 3.63) is 71.2 Å². The quantitative estimate of drug-likeness (QED) is 0.373. The Morgan fingerprint density at radius 3 is 2.73 bits per heavy atom. The van der Waals surface area contributed by atoms with Crippen molar-refractivity contribution in [1.82, 2.24) is 4.98 Å². The number of esters is 1. The molecule has 5 rings (SSSR count). The fourth-order valence-electron chi connectivity index (χ4n) is 3.24. The van der Waals surface area contributed by atoms with Crippen LogP contribution in [-0.4, -0.2) is 38.9 Å². The molecule has 3 aromatic carbocycles. The van der Waals surface area contributed by atoms with Gasteiger partial charge in [0, 0.05) is 11.8 Å². The highest BCUT2D eigenvalue weighted by Crippen LogP contribution is 2.32. The number of nitrogens with zero attached hydrogens (tertiary/aromatic N) is 2. The summed E-state index contributed by atoms with van der Waals surface area (Å²) in [4.78, 5) is 32.7. The zero-order valence-electron chi connectivity index (χ0n) is 15.4. The molecule has 0 spiro atoms. The third kappa shape index (κ3) is 3.44. The van der Waals surface area contributed by atoms with Crippen molar-refractivity contribution in [2.75, 3.05) is 5.75 Å². The van der Waals surface area contributed by atoms with Crippen LogP contribution < -0.4 is 4.74 Å². The summed E-state index contributed by atoms with van der Waals surface area (Å²) >= 11 is 2.79. The van der Waals surface area contributed by atoms with E-state index in [2.05, 4.69) is 9.98 Å². The highest BCUT2D eigenvalue weighted by molar-refractivity contribution is 8.15. The smallest absolute Gasteiger partial charge is 0.344 e. The first-order valence-electron chi connectivity index (χ1n) is 9.13. The fourth-order valence-corrected chi connectivity index (χ4v) is 5.33. The summed E-state index contributed by atoms with van der Waals surface area (Å²) in [5, 5.41) is 12.2. The van der Waals surface area contributed by atoms with Crippen LogP contribution in [0.3, 0.4) is 0 Å². The Bertz CT molecular complexity index is 1340. The first kappa shape index (κ1) is 18.8. The number of hydrogen-bond acceptors (Lipinski definition) is 7. The van der Waals surface area contributed by atoms with Crippen LogP contribution in [0, 0.1) is 0 Å². The van der Waals surface area contributed by atoms with Gasteiger partial charge in [-0.2, -0.15) is 0 Å². The van der Waals surface area contributed by atoms with Crippen molar-refractivity contribution >= 4 is 61.1 Å². The van der Waals surface area contributed by atoms with Crippen molar-refractivity contribution in [2.24, 2.45) is 4.99 Å². The van der Waals surface area contributed by atoms with E-state index < -0.39 is 18.0 Å². The Morgan fingerprint density at radius 2 is 1.90 bits per heavy atom. The average molecular weight is 434 g/mol. The lowest BCUT2D eigenvalue weighted by Crippen LogP contribution is -2.17. The van der Waals surface area contributed by atoms with E-state index in [0.717, 1.165) is 21.0 Å². The SMILES string of the molecule is O=C(Oc1ccc2nc(C3=NC(C(=O)O)CS3)sc2c1)c1cccc2ccccc12. The number of ether oxygens (including phenoxy) is 1. The van der Waals surface area contributed by atoms with E-state index in [1.807, 2.05) is 36.4 Å². The summed E-state index contributed by atoms with van der Waals surface area (Å²) in [7, 11) is 0. The van der Waals surface area contributed by atoms with Crippen molar-refractivity contribution in [3.8, 4) is 5.75 Å². The molecule has 30 heavy (non-hydrogen) atoms. The lowest BCUT2D eigenvalue weighted by Gasteiger charge is -2.07. The molecule has 6 nitrogen and oxygen atoms in total. The summed E-state index contributed by atoms with van der Waals surface area (Å²) in [5.41, 5.74) is 1.26. The van der Waals surface area contributed by atoms with Gasteiger partial charge in [-0.05, 0) is 29.0 Å². The number of aliphatic carboxylic acids is 1. The molecule has 1 aromatic heterocycles. The van der Waals surface area contributed by atoms with Crippen LogP contribution in [0.15, 0.2) is 65.7 Å². The predicted molar refractivity (Wildman–Crippen MR) is 119 cm³/mol. The third-order valence-corrected chi connectivity index (χ3v) is 6.91. The van der Waals surface area contributed by atoms with Crippen molar-refractivity contribution in [3.63, 3.8) is 0 Å². The van der Waals surface area contributed by atoms with Gasteiger partial charge in [-0.15, -0.1) is 23.1 Å². The normalized spacial score (nSPS) is 16.0. The number of benzene rings is 3. The molecule has 0 radical (unpaired) electrons. The molecule has 1 aliphatic heterocycles. The highest BCUT2D eigenvalue weighted by Gasteiger charge is 2.27. The molecule has 0 bridgehead atoms. The molecule has 1 unspecified atom stereocenters. The minimum Gasteiger partial charge on any atom is -0.480 e. The van der Waals surface area contributed by atoms with E-state index in [4.69, 9.17) is 9.84 Å². The fraction of sp³-hybridized carbons (Fsp3) is 0.0909. The van der Waals surface area contributed by atoms with Gasteiger partial charge in [-0.1, -0.05) is 36.4 Å². The van der Waals surface area contributed by atoms with E-state index in [-0.39, 0.29) is 0 Å². The maximum absolute atomic E-state index is 12.8. The van der Waals surface area contributed by atoms with Gasteiger partial charge < -0.3 is 9.84 Å². The van der Waals surface area contributed by atoms with Crippen molar-refractivity contribution in [1.29, 1.82) is 0 Å². The number of carboxylic acids is 1. The van der Waals surface area contributed by atoms with Crippen molar-refractivity contribution in [2.45, 2.75) is 6.04 Å².